The zero-order valence-electron chi connectivity index (χ0n) is 10.8. The third-order valence-corrected chi connectivity index (χ3v) is 3.86. The number of piperidine rings is 1. The highest BCUT2D eigenvalue weighted by Gasteiger charge is 2.23. The molecular formula is C14H19ClN2S. The summed E-state index contributed by atoms with van der Waals surface area (Å²) in [6.07, 6.45) is 1.29. The van der Waals surface area contributed by atoms with E-state index in [0.717, 1.165) is 28.9 Å². The van der Waals surface area contributed by atoms with Gasteiger partial charge in [-0.1, -0.05) is 25.4 Å². The third kappa shape index (κ3) is 3.59. The van der Waals surface area contributed by atoms with Gasteiger partial charge in [0.05, 0.1) is 0 Å². The lowest BCUT2D eigenvalue weighted by atomic mass is 9.92. The molecular weight excluding hydrogens is 264 g/mol. The molecule has 0 spiro atoms. The van der Waals surface area contributed by atoms with E-state index in [0.29, 0.717) is 11.8 Å². The van der Waals surface area contributed by atoms with Crippen LogP contribution in [0.5, 0.6) is 0 Å². The first-order valence-electron chi connectivity index (χ1n) is 6.36. The SMILES string of the molecule is C[C@@H]1C[C@H](C)CN(C(=S)Nc2ccc(Cl)cc2)C1. The van der Waals surface area contributed by atoms with Crippen molar-refractivity contribution in [3.05, 3.63) is 29.3 Å². The van der Waals surface area contributed by atoms with Gasteiger partial charge in [-0.25, -0.2) is 0 Å². The Balaban J connectivity index is 1.97. The van der Waals surface area contributed by atoms with Gasteiger partial charge in [0.2, 0.25) is 0 Å². The van der Waals surface area contributed by atoms with Gasteiger partial charge in [-0.15, -0.1) is 0 Å². The molecule has 1 aliphatic heterocycles. The molecule has 0 saturated carbocycles. The minimum absolute atomic E-state index is 0.707. The molecule has 0 aliphatic carbocycles. The summed E-state index contributed by atoms with van der Waals surface area (Å²) in [5, 5.41) is 4.84. The number of rotatable bonds is 1. The Morgan fingerprint density at radius 2 is 1.78 bits per heavy atom. The number of nitrogens with zero attached hydrogens (tertiary/aromatic N) is 1. The molecule has 1 aliphatic rings. The first-order chi connectivity index (χ1) is 8.54. The zero-order valence-corrected chi connectivity index (χ0v) is 12.4. The smallest absolute Gasteiger partial charge is 0.173 e. The molecule has 1 saturated heterocycles. The van der Waals surface area contributed by atoms with E-state index in [9.17, 15) is 0 Å². The molecule has 1 aromatic carbocycles. The lowest BCUT2D eigenvalue weighted by Crippen LogP contribution is -2.44. The molecule has 2 atom stereocenters. The molecule has 18 heavy (non-hydrogen) atoms. The predicted molar refractivity (Wildman–Crippen MR) is 82.2 cm³/mol. The Labute approximate surface area is 119 Å². The van der Waals surface area contributed by atoms with Crippen molar-refractivity contribution in [3.8, 4) is 0 Å². The van der Waals surface area contributed by atoms with Gasteiger partial charge < -0.3 is 10.2 Å². The minimum Gasteiger partial charge on any atom is -0.348 e. The van der Waals surface area contributed by atoms with Gasteiger partial charge in [0.1, 0.15) is 0 Å². The van der Waals surface area contributed by atoms with Crippen molar-refractivity contribution in [1.29, 1.82) is 0 Å². The van der Waals surface area contributed by atoms with Crippen molar-refractivity contribution in [2.45, 2.75) is 20.3 Å². The van der Waals surface area contributed by atoms with Gasteiger partial charge in [0.25, 0.3) is 0 Å². The summed E-state index contributed by atoms with van der Waals surface area (Å²) in [4.78, 5) is 2.27. The van der Waals surface area contributed by atoms with Gasteiger partial charge in [-0.2, -0.15) is 0 Å². The van der Waals surface area contributed by atoms with Crippen LogP contribution in [0.3, 0.4) is 0 Å². The molecule has 0 unspecified atom stereocenters. The van der Waals surface area contributed by atoms with Crippen molar-refractivity contribution in [2.24, 2.45) is 11.8 Å². The molecule has 2 rings (SSSR count). The highest BCUT2D eigenvalue weighted by atomic mass is 35.5. The summed E-state index contributed by atoms with van der Waals surface area (Å²) in [6.45, 7) is 6.66. The highest BCUT2D eigenvalue weighted by molar-refractivity contribution is 7.80. The van der Waals surface area contributed by atoms with Crippen LogP contribution < -0.4 is 5.32 Å². The minimum atomic E-state index is 0.707. The molecule has 1 N–H and O–H groups in total. The Bertz CT molecular complexity index is 408. The van der Waals surface area contributed by atoms with E-state index in [4.69, 9.17) is 23.8 Å². The number of hydrogen-bond acceptors (Lipinski definition) is 1. The topological polar surface area (TPSA) is 15.3 Å². The highest BCUT2D eigenvalue weighted by Crippen LogP contribution is 2.22. The average molecular weight is 283 g/mol. The lowest BCUT2D eigenvalue weighted by molar-refractivity contribution is 0.216. The first kappa shape index (κ1) is 13.6. The molecule has 0 amide bonds. The summed E-state index contributed by atoms with van der Waals surface area (Å²) in [6, 6.07) is 7.64. The Morgan fingerprint density at radius 3 is 2.33 bits per heavy atom. The maximum atomic E-state index is 5.86. The third-order valence-electron chi connectivity index (χ3n) is 3.25. The largest absolute Gasteiger partial charge is 0.348 e. The fraction of sp³-hybridized carbons (Fsp3) is 0.500. The first-order valence-corrected chi connectivity index (χ1v) is 7.14. The second-order valence-electron chi connectivity index (χ2n) is 5.29. The van der Waals surface area contributed by atoms with Crippen molar-refractivity contribution in [2.75, 3.05) is 18.4 Å². The average Bonchev–Trinajstić information content (AvgIpc) is 2.31. The Kier molecular flexibility index (Phi) is 4.46. The Morgan fingerprint density at radius 1 is 1.22 bits per heavy atom. The second kappa shape index (κ2) is 5.89. The monoisotopic (exact) mass is 282 g/mol. The van der Waals surface area contributed by atoms with E-state index in [1.165, 1.54) is 6.42 Å². The van der Waals surface area contributed by atoms with Crippen LogP contribution in [0.15, 0.2) is 24.3 Å². The molecule has 1 heterocycles. The molecule has 2 nitrogen and oxygen atoms in total. The van der Waals surface area contributed by atoms with Crippen LogP contribution in [0.25, 0.3) is 0 Å². The van der Waals surface area contributed by atoms with E-state index in [2.05, 4.69) is 24.1 Å². The molecule has 0 radical (unpaired) electrons. The number of hydrogen-bond donors (Lipinski definition) is 1. The summed E-state index contributed by atoms with van der Waals surface area (Å²) in [5.74, 6) is 1.41. The Hall–Kier alpha value is -0.800. The van der Waals surface area contributed by atoms with E-state index in [1.807, 2.05) is 24.3 Å². The standard InChI is InChI=1S/C14H19ClN2S/c1-10-7-11(2)9-17(8-10)14(18)16-13-5-3-12(15)4-6-13/h3-6,10-11H,7-9H2,1-2H3,(H,16,18)/t10-,11+. The van der Waals surface area contributed by atoms with Gasteiger partial charge in [0, 0.05) is 23.8 Å². The quantitative estimate of drug-likeness (QED) is 0.784. The van der Waals surface area contributed by atoms with Gasteiger partial charge in [0.15, 0.2) is 5.11 Å². The van der Waals surface area contributed by atoms with Crippen LogP contribution >= 0.6 is 23.8 Å². The molecule has 4 heteroatoms. The summed E-state index contributed by atoms with van der Waals surface area (Å²) < 4.78 is 0. The van der Waals surface area contributed by atoms with Crippen LogP contribution in [-0.2, 0) is 0 Å². The van der Waals surface area contributed by atoms with Gasteiger partial charge >= 0.3 is 0 Å². The number of halogens is 1. The van der Waals surface area contributed by atoms with Crippen LogP contribution in [0, 0.1) is 11.8 Å². The van der Waals surface area contributed by atoms with Gasteiger partial charge in [-0.05, 0) is 54.7 Å². The lowest BCUT2D eigenvalue weighted by Gasteiger charge is -2.36. The van der Waals surface area contributed by atoms with Crippen LogP contribution in [0.2, 0.25) is 5.02 Å². The van der Waals surface area contributed by atoms with Crippen molar-refractivity contribution in [1.82, 2.24) is 4.90 Å². The number of anilines is 1. The summed E-state index contributed by atoms with van der Waals surface area (Å²) >= 11 is 11.3. The van der Waals surface area contributed by atoms with Crippen LogP contribution in [0.1, 0.15) is 20.3 Å². The zero-order chi connectivity index (χ0) is 13.1. The predicted octanol–water partition coefficient (Wildman–Crippen LogP) is 4.01. The molecule has 0 aromatic heterocycles. The number of likely N-dealkylation sites (tertiary alicyclic amines) is 1. The summed E-state index contributed by atoms with van der Waals surface area (Å²) in [5.41, 5.74) is 0.996. The van der Waals surface area contributed by atoms with Crippen LogP contribution in [-0.4, -0.2) is 23.1 Å². The maximum absolute atomic E-state index is 5.86. The number of nitrogens with one attached hydrogen (secondary N) is 1. The fourth-order valence-electron chi connectivity index (χ4n) is 2.56. The van der Waals surface area contributed by atoms with E-state index >= 15 is 0 Å². The summed E-state index contributed by atoms with van der Waals surface area (Å²) in [7, 11) is 0. The van der Waals surface area contributed by atoms with E-state index in [-0.39, 0.29) is 0 Å². The molecule has 0 bridgehead atoms. The number of thiocarbonyl (C=S) groups is 1. The molecule has 1 fully saturated rings. The number of benzene rings is 1. The van der Waals surface area contributed by atoms with Crippen molar-refractivity contribution in [3.63, 3.8) is 0 Å². The van der Waals surface area contributed by atoms with E-state index < -0.39 is 0 Å². The van der Waals surface area contributed by atoms with Crippen LogP contribution in [0.4, 0.5) is 5.69 Å². The normalized spacial score (nSPS) is 23.8. The maximum Gasteiger partial charge on any atom is 0.173 e. The van der Waals surface area contributed by atoms with Crippen molar-refractivity contribution >= 4 is 34.6 Å². The second-order valence-corrected chi connectivity index (χ2v) is 6.11. The molecule has 1 aromatic rings. The van der Waals surface area contributed by atoms with E-state index in [1.54, 1.807) is 0 Å². The fourth-order valence-corrected chi connectivity index (χ4v) is 2.96. The molecule has 98 valence electrons. The van der Waals surface area contributed by atoms with Gasteiger partial charge in [-0.3, -0.25) is 0 Å². The van der Waals surface area contributed by atoms with Crippen molar-refractivity contribution < 1.29 is 0 Å².